The van der Waals surface area contributed by atoms with Gasteiger partial charge in [-0.25, -0.2) is 4.98 Å². The topological polar surface area (TPSA) is 39.7 Å². The first-order chi connectivity index (χ1) is 14.2. The molecular formula is C23H30N4OS. The van der Waals surface area contributed by atoms with E-state index >= 15 is 0 Å². The number of rotatable bonds is 4. The van der Waals surface area contributed by atoms with Gasteiger partial charge in [0.25, 0.3) is 5.91 Å². The zero-order valence-corrected chi connectivity index (χ0v) is 18.2. The summed E-state index contributed by atoms with van der Waals surface area (Å²) in [6.07, 6.45) is 5.99. The van der Waals surface area contributed by atoms with Crippen LogP contribution < -0.4 is 4.90 Å². The van der Waals surface area contributed by atoms with Gasteiger partial charge in [0.1, 0.15) is 5.03 Å². The van der Waals surface area contributed by atoms with Crippen molar-refractivity contribution in [3.8, 4) is 0 Å². The van der Waals surface area contributed by atoms with Crippen LogP contribution in [0.5, 0.6) is 0 Å². The number of para-hydroxylation sites is 1. The minimum absolute atomic E-state index is 0.130. The van der Waals surface area contributed by atoms with Gasteiger partial charge >= 0.3 is 0 Å². The number of piperazine rings is 1. The van der Waals surface area contributed by atoms with Gasteiger partial charge in [-0.15, -0.1) is 11.8 Å². The molecule has 3 heterocycles. The number of anilines is 1. The summed E-state index contributed by atoms with van der Waals surface area (Å²) >= 11 is 1.54. The predicted molar refractivity (Wildman–Crippen MR) is 120 cm³/mol. The van der Waals surface area contributed by atoms with Crippen LogP contribution >= 0.6 is 11.8 Å². The second kappa shape index (κ2) is 9.18. The van der Waals surface area contributed by atoms with Crippen LogP contribution in [0.2, 0.25) is 0 Å². The maximum atomic E-state index is 13.1. The molecule has 4 rings (SSSR count). The number of thioether (sulfide) groups is 1. The van der Waals surface area contributed by atoms with Crippen molar-refractivity contribution >= 4 is 23.4 Å². The van der Waals surface area contributed by atoms with Crippen molar-refractivity contribution in [3.63, 3.8) is 0 Å². The molecule has 5 nitrogen and oxygen atoms in total. The number of nitrogens with zero attached hydrogens (tertiary/aromatic N) is 4. The molecule has 6 heteroatoms. The molecular weight excluding hydrogens is 380 g/mol. The Bertz CT molecular complexity index is 850. The van der Waals surface area contributed by atoms with Gasteiger partial charge in [0.2, 0.25) is 0 Å². The highest BCUT2D eigenvalue weighted by atomic mass is 32.2. The lowest BCUT2D eigenvalue weighted by Gasteiger charge is -2.44. The lowest BCUT2D eigenvalue weighted by molar-refractivity contribution is 0.0559. The molecule has 1 aromatic carbocycles. The van der Waals surface area contributed by atoms with Crippen molar-refractivity contribution in [2.45, 2.75) is 30.8 Å². The molecule has 0 radical (unpaired) electrons. The Hall–Kier alpha value is -2.05. The Labute approximate surface area is 178 Å². The van der Waals surface area contributed by atoms with Gasteiger partial charge < -0.3 is 9.80 Å². The Kier molecular flexibility index (Phi) is 6.40. The van der Waals surface area contributed by atoms with E-state index in [4.69, 9.17) is 0 Å². The molecule has 2 aliphatic heterocycles. The SMILES string of the molecule is CSc1ncccc1C(=O)N1CCC[C@H](N2CCN(c3ccccc3C)CC2)C1. The fourth-order valence-electron chi connectivity index (χ4n) is 4.57. The van der Waals surface area contributed by atoms with E-state index in [1.165, 1.54) is 17.7 Å². The summed E-state index contributed by atoms with van der Waals surface area (Å²) in [6.45, 7) is 8.08. The van der Waals surface area contributed by atoms with E-state index in [2.05, 4.69) is 46.0 Å². The molecule has 1 aromatic heterocycles. The minimum atomic E-state index is 0.130. The Morgan fingerprint density at radius 1 is 1.07 bits per heavy atom. The highest BCUT2D eigenvalue weighted by Crippen LogP contribution is 2.25. The maximum Gasteiger partial charge on any atom is 0.256 e. The molecule has 154 valence electrons. The van der Waals surface area contributed by atoms with Gasteiger partial charge in [-0.1, -0.05) is 18.2 Å². The number of piperidine rings is 1. The summed E-state index contributed by atoms with van der Waals surface area (Å²) in [4.78, 5) is 24.6. The van der Waals surface area contributed by atoms with Crippen LogP contribution in [0, 0.1) is 6.92 Å². The second-order valence-corrected chi connectivity index (χ2v) is 8.71. The van der Waals surface area contributed by atoms with E-state index in [1.807, 2.05) is 23.3 Å². The molecule has 2 fully saturated rings. The number of amides is 1. The van der Waals surface area contributed by atoms with Crippen molar-refractivity contribution in [2.75, 3.05) is 50.4 Å². The Morgan fingerprint density at radius 2 is 1.86 bits per heavy atom. The summed E-state index contributed by atoms with van der Waals surface area (Å²) in [5.74, 6) is 0.130. The van der Waals surface area contributed by atoms with Crippen molar-refractivity contribution in [3.05, 3.63) is 53.7 Å². The quantitative estimate of drug-likeness (QED) is 0.721. The number of likely N-dealkylation sites (tertiary alicyclic amines) is 1. The fourth-order valence-corrected chi connectivity index (χ4v) is 5.11. The average molecular weight is 411 g/mol. The highest BCUT2D eigenvalue weighted by molar-refractivity contribution is 7.98. The Balaban J connectivity index is 1.38. The van der Waals surface area contributed by atoms with Crippen molar-refractivity contribution < 1.29 is 4.79 Å². The molecule has 2 saturated heterocycles. The van der Waals surface area contributed by atoms with Crippen LogP contribution in [0.25, 0.3) is 0 Å². The Morgan fingerprint density at radius 3 is 2.62 bits per heavy atom. The monoisotopic (exact) mass is 410 g/mol. The normalized spacial score (nSPS) is 20.7. The molecule has 2 aromatic rings. The van der Waals surface area contributed by atoms with Crippen LogP contribution in [0.1, 0.15) is 28.8 Å². The van der Waals surface area contributed by atoms with E-state index in [-0.39, 0.29) is 5.91 Å². The molecule has 0 saturated carbocycles. The molecule has 0 bridgehead atoms. The third-order valence-corrected chi connectivity index (χ3v) is 6.88. The van der Waals surface area contributed by atoms with E-state index in [0.717, 1.165) is 56.3 Å². The first-order valence-corrected chi connectivity index (χ1v) is 11.7. The van der Waals surface area contributed by atoms with Crippen LogP contribution in [0.15, 0.2) is 47.6 Å². The van der Waals surface area contributed by atoms with E-state index in [0.29, 0.717) is 6.04 Å². The smallest absolute Gasteiger partial charge is 0.256 e. The molecule has 0 aliphatic carbocycles. The first-order valence-electron chi connectivity index (χ1n) is 10.5. The van der Waals surface area contributed by atoms with Gasteiger partial charge in [-0.05, 0) is 49.8 Å². The number of benzene rings is 1. The molecule has 1 amide bonds. The second-order valence-electron chi connectivity index (χ2n) is 7.92. The lowest BCUT2D eigenvalue weighted by Crippen LogP contribution is -2.56. The summed E-state index contributed by atoms with van der Waals surface area (Å²) in [7, 11) is 0. The van der Waals surface area contributed by atoms with Crippen LogP contribution in [-0.4, -0.2) is 72.3 Å². The number of carbonyl (C=O) groups is 1. The third-order valence-electron chi connectivity index (χ3n) is 6.17. The summed E-state index contributed by atoms with van der Waals surface area (Å²) in [5.41, 5.74) is 3.44. The number of aromatic nitrogens is 1. The molecule has 0 spiro atoms. The van der Waals surface area contributed by atoms with E-state index < -0.39 is 0 Å². The fraction of sp³-hybridized carbons (Fsp3) is 0.478. The molecule has 2 aliphatic rings. The summed E-state index contributed by atoms with van der Waals surface area (Å²) in [6, 6.07) is 12.9. The number of hydrogen-bond donors (Lipinski definition) is 0. The minimum Gasteiger partial charge on any atom is -0.369 e. The molecule has 0 unspecified atom stereocenters. The number of aryl methyl sites for hydroxylation is 1. The van der Waals surface area contributed by atoms with Crippen molar-refractivity contribution in [2.24, 2.45) is 0 Å². The lowest BCUT2D eigenvalue weighted by atomic mass is 10.0. The third kappa shape index (κ3) is 4.43. The van der Waals surface area contributed by atoms with Gasteiger partial charge in [0.05, 0.1) is 5.56 Å². The van der Waals surface area contributed by atoms with Crippen LogP contribution in [0.3, 0.4) is 0 Å². The molecule has 0 N–H and O–H groups in total. The number of hydrogen-bond acceptors (Lipinski definition) is 5. The van der Waals surface area contributed by atoms with Crippen molar-refractivity contribution in [1.82, 2.24) is 14.8 Å². The van der Waals surface area contributed by atoms with Crippen molar-refractivity contribution in [1.29, 1.82) is 0 Å². The standard InChI is InChI=1S/C23H30N4OS/c1-18-7-3-4-10-21(18)26-15-13-25(14-16-26)19-8-6-12-27(17-19)23(28)20-9-5-11-24-22(20)29-2/h3-5,7,9-11,19H,6,8,12-17H2,1-2H3/t19-/m0/s1. The number of pyridine rings is 1. The van der Waals surface area contributed by atoms with Gasteiger partial charge in [0.15, 0.2) is 0 Å². The van der Waals surface area contributed by atoms with Crippen LogP contribution in [0.4, 0.5) is 5.69 Å². The molecule has 1 atom stereocenters. The maximum absolute atomic E-state index is 13.1. The van der Waals surface area contributed by atoms with Crippen LogP contribution in [-0.2, 0) is 0 Å². The highest BCUT2D eigenvalue weighted by Gasteiger charge is 2.31. The number of carbonyl (C=O) groups excluding carboxylic acids is 1. The zero-order chi connectivity index (χ0) is 20.2. The van der Waals surface area contributed by atoms with Gasteiger partial charge in [-0.2, -0.15) is 0 Å². The van der Waals surface area contributed by atoms with E-state index in [9.17, 15) is 4.79 Å². The zero-order valence-electron chi connectivity index (χ0n) is 17.4. The van der Waals surface area contributed by atoms with Gasteiger partial charge in [0, 0.05) is 57.2 Å². The summed E-state index contributed by atoms with van der Waals surface area (Å²) in [5, 5.41) is 0.825. The predicted octanol–water partition coefficient (Wildman–Crippen LogP) is 3.54. The largest absolute Gasteiger partial charge is 0.369 e. The first kappa shape index (κ1) is 20.2. The average Bonchev–Trinajstić information content (AvgIpc) is 2.79. The van der Waals surface area contributed by atoms with E-state index in [1.54, 1.807) is 18.0 Å². The molecule has 29 heavy (non-hydrogen) atoms. The summed E-state index contributed by atoms with van der Waals surface area (Å²) < 4.78 is 0. The van der Waals surface area contributed by atoms with Gasteiger partial charge in [-0.3, -0.25) is 9.69 Å².